The quantitative estimate of drug-likeness (QED) is 0.838. The third-order valence-electron chi connectivity index (χ3n) is 3.22. The van der Waals surface area contributed by atoms with Crippen LogP contribution in [-0.4, -0.2) is 11.2 Å². The summed E-state index contributed by atoms with van der Waals surface area (Å²) >= 11 is 0. The van der Waals surface area contributed by atoms with Gasteiger partial charge in [-0.05, 0) is 32.9 Å². The highest BCUT2D eigenvalue weighted by atomic mass is 16.5. The number of aliphatic hydroxyl groups excluding tert-OH is 1. The molecular weight excluding hydrogens is 262 g/mol. The molecule has 0 radical (unpaired) electrons. The number of benzene rings is 2. The van der Waals surface area contributed by atoms with Crippen molar-refractivity contribution < 1.29 is 9.84 Å². The number of nitrogens with one attached hydrogen (secondary N) is 1. The zero-order valence-corrected chi connectivity index (χ0v) is 12.8. The topological polar surface area (TPSA) is 41.5 Å². The van der Waals surface area contributed by atoms with Gasteiger partial charge in [-0.15, -0.1) is 0 Å². The van der Waals surface area contributed by atoms with E-state index in [2.05, 4.69) is 11.4 Å². The molecule has 0 bridgehead atoms. The van der Waals surface area contributed by atoms with E-state index in [0.717, 1.165) is 22.6 Å². The summed E-state index contributed by atoms with van der Waals surface area (Å²) < 4.78 is 5.82. The molecule has 0 saturated heterocycles. The number of hydrogen-bond donors (Lipinski definition) is 2. The Morgan fingerprint density at radius 2 is 1.67 bits per heavy atom. The summed E-state index contributed by atoms with van der Waals surface area (Å²) in [7, 11) is 0. The van der Waals surface area contributed by atoms with Gasteiger partial charge in [0.2, 0.25) is 0 Å². The summed E-state index contributed by atoms with van der Waals surface area (Å²) in [5, 5.41) is 13.2. The molecule has 112 valence electrons. The van der Waals surface area contributed by atoms with E-state index in [1.807, 2.05) is 56.3 Å². The second-order valence-electron chi connectivity index (χ2n) is 5.39. The van der Waals surface area contributed by atoms with E-state index in [1.165, 1.54) is 0 Å². The summed E-state index contributed by atoms with van der Waals surface area (Å²) in [5.41, 5.74) is 2.96. The van der Waals surface area contributed by atoms with Gasteiger partial charge in [-0.3, -0.25) is 0 Å². The van der Waals surface area contributed by atoms with E-state index in [0.29, 0.717) is 6.54 Å². The lowest BCUT2D eigenvalue weighted by Gasteiger charge is -2.17. The van der Waals surface area contributed by atoms with Crippen molar-refractivity contribution >= 4 is 5.69 Å². The monoisotopic (exact) mass is 285 g/mol. The molecule has 0 saturated carbocycles. The first kappa shape index (κ1) is 15.4. The first-order valence-corrected chi connectivity index (χ1v) is 7.33. The van der Waals surface area contributed by atoms with E-state index in [-0.39, 0.29) is 6.10 Å². The molecule has 2 rings (SSSR count). The average Bonchev–Trinajstić information content (AvgIpc) is 2.46. The molecule has 1 atom stereocenters. The molecule has 0 amide bonds. The van der Waals surface area contributed by atoms with Crippen molar-refractivity contribution in [3.63, 3.8) is 0 Å². The van der Waals surface area contributed by atoms with E-state index >= 15 is 0 Å². The predicted octanol–water partition coefficient (Wildman–Crippen LogP) is 4.14. The number of anilines is 1. The highest BCUT2D eigenvalue weighted by Crippen LogP contribution is 2.25. The molecule has 0 spiro atoms. The third kappa shape index (κ3) is 4.23. The minimum atomic E-state index is -0.490. The lowest BCUT2D eigenvalue weighted by molar-refractivity contribution is 0.200. The molecule has 0 aromatic heterocycles. The van der Waals surface area contributed by atoms with E-state index in [9.17, 15) is 5.11 Å². The van der Waals surface area contributed by atoms with Crippen LogP contribution in [0.25, 0.3) is 0 Å². The maximum absolute atomic E-state index is 9.81. The van der Waals surface area contributed by atoms with Crippen LogP contribution in [0.2, 0.25) is 0 Å². The summed E-state index contributed by atoms with van der Waals surface area (Å²) in [5.74, 6) is 0.898. The van der Waals surface area contributed by atoms with Crippen molar-refractivity contribution in [3.05, 3.63) is 59.7 Å². The van der Waals surface area contributed by atoms with Crippen LogP contribution in [0.5, 0.6) is 5.75 Å². The number of hydrogen-bond acceptors (Lipinski definition) is 3. The first-order valence-electron chi connectivity index (χ1n) is 7.33. The minimum absolute atomic E-state index is 0.149. The largest absolute Gasteiger partial charge is 0.491 e. The standard InChI is InChI=1S/C18H23NO2/c1-13(2)21-18-11-7-4-8-15(18)12-19-17-10-6-5-9-16(17)14(3)20/h4-11,13-14,19-20H,12H2,1-3H3. The molecule has 2 N–H and O–H groups in total. The van der Waals surface area contributed by atoms with Crippen molar-refractivity contribution in [2.75, 3.05) is 5.32 Å². The molecule has 21 heavy (non-hydrogen) atoms. The molecule has 2 aromatic rings. The summed E-state index contributed by atoms with van der Waals surface area (Å²) in [6.45, 7) is 6.48. The van der Waals surface area contributed by atoms with E-state index in [1.54, 1.807) is 6.92 Å². The third-order valence-corrected chi connectivity index (χ3v) is 3.22. The second-order valence-corrected chi connectivity index (χ2v) is 5.39. The molecule has 3 heteroatoms. The van der Waals surface area contributed by atoms with E-state index < -0.39 is 6.10 Å². The van der Waals surface area contributed by atoms with Gasteiger partial charge < -0.3 is 15.2 Å². The number of rotatable bonds is 6. The molecule has 0 aliphatic heterocycles. The van der Waals surface area contributed by atoms with Crippen LogP contribution in [0.1, 0.15) is 38.0 Å². The molecular formula is C18H23NO2. The van der Waals surface area contributed by atoms with Gasteiger partial charge >= 0.3 is 0 Å². The lowest BCUT2D eigenvalue weighted by atomic mass is 10.1. The van der Waals surface area contributed by atoms with Crippen LogP contribution < -0.4 is 10.1 Å². The van der Waals surface area contributed by atoms with Crippen molar-refractivity contribution in [1.82, 2.24) is 0 Å². The Morgan fingerprint density at radius 3 is 2.38 bits per heavy atom. The van der Waals surface area contributed by atoms with Crippen LogP contribution >= 0.6 is 0 Å². The number of ether oxygens (including phenoxy) is 1. The Hall–Kier alpha value is -2.00. The van der Waals surface area contributed by atoms with E-state index in [4.69, 9.17) is 4.74 Å². The zero-order chi connectivity index (χ0) is 15.2. The van der Waals surface area contributed by atoms with Crippen LogP contribution in [0, 0.1) is 0 Å². The van der Waals surface area contributed by atoms with Crippen LogP contribution in [0.3, 0.4) is 0 Å². The summed E-state index contributed by atoms with van der Waals surface area (Å²) in [6.07, 6.45) is -0.341. The van der Waals surface area contributed by atoms with Gasteiger partial charge in [0.25, 0.3) is 0 Å². The zero-order valence-electron chi connectivity index (χ0n) is 12.8. The maximum atomic E-state index is 9.81. The Balaban J connectivity index is 2.14. The molecule has 0 aliphatic carbocycles. The fourth-order valence-electron chi connectivity index (χ4n) is 2.23. The smallest absolute Gasteiger partial charge is 0.124 e. The molecule has 0 fully saturated rings. The van der Waals surface area contributed by atoms with Crippen molar-refractivity contribution in [1.29, 1.82) is 0 Å². The molecule has 1 unspecified atom stereocenters. The van der Waals surface area contributed by atoms with Gasteiger partial charge in [0.05, 0.1) is 12.2 Å². The van der Waals surface area contributed by atoms with Crippen LogP contribution in [0.4, 0.5) is 5.69 Å². The summed E-state index contributed by atoms with van der Waals surface area (Å²) in [6, 6.07) is 15.8. The van der Waals surface area contributed by atoms with Crippen molar-refractivity contribution in [2.24, 2.45) is 0 Å². The van der Waals surface area contributed by atoms with Crippen LogP contribution in [-0.2, 0) is 6.54 Å². The Labute approximate surface area is 126 Å². The SMILES string of the molecule is CC(C)Oc1ccccc1CNc1ccccc1C(C)O. The maximum Gasteiger partial charge on any atom is 0.124 e. The van der Waals surface area contributed by atoms with Crippen LogP contribution in [0.15, 0.2) is 48.5 Å². The van der Waals surface area contributed by atoms with Crippen molar-refractivity contribution in [2.45, 2.75) is 39.5 Å². The molecule has 0 aliphatic rings. The normalized spacial score (nSPS) is 12.2. The van der Waals surface area contributed by atoms with Crippen molar-refractivity contribution in [3.8, 4) is 5.75 Å². The fraction of sp³-hybridized carbons (Fsp3) is 0.333. The Kier molecular flexibility index (Phi) is 5.23. The summed E-state index contributed by atoms with van der Waals surface area (Å²) in [4.78, 5) is 0. The van der Waals surface area contributed by atoms with Gasteiger partial charge in [0.15, 0.2) is 0 Å². The lowest BCUT2D eigenvalue weighted by Crippen LogP contribution is -2.10. The van der Waals surface area contributed by atoms with Gasteiger partial charge in [0.1, 0.15) is 5.75 Å². The fourth-order valence-corrected chi connectivity index (χ4v) is 2.23. The minimum Gasteiger partial charge on any atom is -0.491 e. The predicted molar refractivity (Wildman–Crippen MR) is 86.6 cm³/mol. The second kappa shape index (κ2) is 7.14. The number of para-hydroxylation sites is 2. The molecule has 2 aromatic carbocycles. The Morgan fingerprint density at radius 1 is 1.00 bits per heavy atom. The van der Waals surface area contributed by atoms with Gasteiger partial charge in [-0.2, -0.15) is 0 Å². The van der Waals surface area contributed by atoms with Gasteiger partial charge in [-0.25, -0.2) is 0 Å². The molecule has 3 nitrogen and oxygen atoms in total. The first-order chi connectivity index (χ1) is 10.1. The van der Waals surface area contributed by atoms with Gasteiger partial charge in [-0.1, -0.05) is 36.4 Å². The number of aliphatic hydroxyl groups is 1. The average molecular weight is 285 g/mol. The highest BCUT2D eigenvalue weighted by molar-refractivity contribution is 5.53. The highest BCUT2D eigenvalue weighted by Gasteiger charge is 2.09. The molecule has 0 heterocycles. The van der Waals surface area contributed by atoms with Gasteiger partial charge in [0, 0.05) is 23.4 Å². The Bertz CT molecular complexity index is 579.